The Morgan fingerprint density at radius 2 is 1.43 bits per heavy atom. The van der Waals surface area contributed by atoms with Gasteiger partial charge < -0.3 is 82.1 Å². The fraction of sp³-hybridized carbons (Fsp3) is 0.592. The molecule has 4 heterocycles. The minimum absolute atomic E-state index is 0.0615. The van der Waals surface area contributed by atoms with Crippen LogP contribution in [0.4, 0.5) is 19.0 Å². The highest BCUT2D eigenvalue weighted by Crippen LogP contribution is 2.63. The Morgan fingerprint density at radius 3 is 2.06 bits per heavy atom. The Morgan fingerprint density at radius 1 is 0.829 bits per heavy atom. The first-order chi connectivity index (χ1) is 39.4. The molecule has 7 atom stereocenters. The zero-order valence-electron chi connectivity index (χ0n) is 44.7. The molecule has 2 aliphatic rings. The maximum absolute atomic E-state index is 13.6. The first-order valence-electron chi connectivity index (χ1n) is 26.0. The molecular formula is C49H67F3N8O19P2S. The number of thioether (sulfide) groups is 1. The van der Waals surface area contributed by atoms with Gasteiger partial charge in [-0.25, -0.2) is 32.5 Å². The highest BCUT2D eigenvalue weighted by molar-refractivity contribution is 7.99. The fourth-order valence-electron chi connectivity index (χ4n) is 8.20. The molecule has 7 rings (SSSR count). The predicted octanol–water partition coefficient (Wildman–Crippen LogP) is 3.46. The van der Waals surface area contributed by atoms with Gasteiger partial charge in [-0.1, -0.05) is 35.5 Å². The average molecular weight is 1220 g/mol. The van der Waals surface area contributed by atoms with Gasteiger partial charge in [0.05, 0.1) is 142 Å². The number of aliphatic hydroxyl groups excluding tert-OH is 2. The Bertz CT molecular complexity index is 2860. The normalized spacial score (nSPS) is 20.0. The maximum Gasteiger partial charge on any atom is 0.340 e. The Labute approximate surface area is 473 Å². The number of carbonyl (C=O) groups excluding carboxylic acids is 1. The van der Waals surface area contributed by atoms with Crippen LogP contribution in [0.1, 0.15) is 42.2 Å². The van der Waals surface area contributed by atoms with E-state index in [-0.39, 0.29) is 51.0 Å². The van der Waals surface area contributed by atoms with E-state index >= 15 is 0 Å². The van der Waals surface area contributed by atoms with Crippen LogP contribution in [0.3, 0.4) is 0 Å². The molecule has 1 saturated carbocycles. The molecule has 6 N–H and O–H groups in total. The van der Waals surface area contributed by atoms with Crippen molar-refractivity contribution in [2.45, 2.75) is 69.1 Å². The van der Waals surface area contributed by atoms with Crippen molar-refractivity contribution in [2.75, 3.05) is 122 Å². The Balaban J connectivity index is 0.672. The van der Waals surface area contributed by atoms with E-state index in [2.05, 4.69) is 35.4 Å². The number of fused-ring (bicyclic) bond motifs is 1. The summed E-state index contributed by atoms with van der Waals surface area (Å²) in [7, 11) is -9.67. The molecule has 2 fully saturated rings. The van der Waals surface area contributed by atoms with Gasteiger partial charge in [0.25, 0.3) is 0 Å². The number of rotatable bonds is 40. The van der Waals surface area contributed by atoms with Gasteiger partial charge in [0, 0.05) is 30.1 Å². The van der Waals surface area contributed by atoms with Gasteiger partial charge in [-0.3, -0.25) is 13.9 Å². The monoisotopic (exact) mass is 1220 g/mol. The van der Waals surface area contributed by atoms with E-state index in [0.29, 0.717) is 132 Å². The number of nitrogens with zero attached hydrogens (tertiary/aromatic N) is 7. The van der Waals surface area contributed by atoms with Crippen LogP contribution >= 0.6 is 27.0 Å². The number of aryl methyl sites for hydroxylation is 1. The average Bonchev–Trinajstić information content (AvgIpc) is 3.89. The summed E-state index contributed by atoms with van der Waals surface area (Å²) in [6, 6.07) is 10.4. The minimum Gasteiger partial charge on any atom is -0.420 e. The molecule has 0 amide bonds. The number of benzene rings is 2. The molecule has 2 aromatic carbocycles. The number of ether oxygens (including phenoxy) is 10. The first kappa shape index (κ1) is 65.0. The molecule has 5 aromatic rings. The third-order valence-corrected chi connectivity index (χ3v) is 16.7. The SMILES string of the molecule is Cc1nc(N[C@@H](CSCCOCCOCCOCCOCc2cn(CCOCCOCCOCCOCCC(=O)Oc3c(F)cc(F)cc3F)nn2)c2ccccc2)c2cnn([C@@H]3OC4(C[C@@H]4OP(=O)(O)CP(=O)(O)O)[C@@H](O)[C@H]3O)c2n1. The van der Waals surface area contributed by atoms with Gasteiger partial charge in [0.15, 0.2) is 29.4 Å². The number of aliphatic hydroxyl groups is 2. The lowest BCUT2D eigenvalue weighted by molar-refractivity contribution is -0.136. The number of esters is 1. The molecule has 2 unspecified atom stereocenters. The predicted molar refractivity (Wildman–Crippen MR) is 283 cm³/mol. The van der Waals surface area contributed by atoms with Crippen LogP contribution in [0.15, 0.2) is 54.9 Å². The minimum atomic E-state index is -4.90. The van der Waals surface area contributed by atoms with Gasteiger partial charge >= 0.3 is 21.2 Å². The summed E-state index contributed by atoms with van der Waals surface area (Å²) in [5.74, 6) is -4.89. The van der Waals surface area contributed by atoms with E-state index < -0.39 is 80.4 Å². The smallest absolute Gasteiger partial charge is 0.340 e. The standard InChI is InChI=1S/C49H67F3N8O19P2S/c1-33-54-46(37-28-53-60(47(37)55-33)48-43(62)45(63)49(78-48)27-41(49)79-81(67,68)32-80(64,65)66)56-40(34-5-3-2-4-6-34)31-82-24-23-75-20-19-73-17-18-74-21-22-76-30-36-29-59(58-57-36)8-10-70-12-14-72-16-15-71-13-11-69-9-7-42(61)77-44-38(51)25-35(50)26-39(44)52/h2-6,25-26,28-29,40-41,43,45,48,62-63H,7-24,27,30-32H2,1H3,(H,67,68)(H,54,55,56)(H2,64,65,66)/t40-,41-,43+,45-,48+,49?/m0/s1. The molecule has 0 bridgehead atoms. The molecule has 1 aliphatic carbocycles. The van der Waals surface area contributed by atoms with Crippen LogP contribution in [0.5, 0.6) is 5.75 Å². The summed E-state index contributed by atoms with van der Waals surface area (Å²) in [5, 5.41) is 38.7. The number of halogens is 3. The third-order valence-electron chi connectivity index (χ3n) is 12.1. The second-order valence-electron chi connectivity index (χ2n) is 18.5. The zero-order chi connectivity index (χ0) is 58.5. The molecule has 3 aromatic heterocycles. The van der Waals surface area contributed by atoms with Crippen LogP contribution in [0.25, 0.3) is 11.0 Å². The van der Waals surface area contributed by atoms with Crippen molar-refractivity contribution in [1.29, 1.82) is 0 Å². The number of carbonyl (C=O) groups is 1. The summed E-state index contributed by atoms with van der Waals surface area (Å²) in [6.07, 6.45) is -2.76. The number of nitrogens with one attached hydrogen (secondary N) is 1. The quantitative estimate of drug-likeness (QED) is 0.0142. The van der Waals surface area contributed by atoms with Gasteiger partial charge in [-0.15, -0.1) is 5.10 Å². The summed E-state index contributed by atoms with van der Waals surface area (Å²) >= 11 is 1.67. The number of hydrogen-bond donors (Lipinski definition) is 6. The molecular weight excluding hydrogens is 1160 g/mol. The van der Waals surface area contributed by atoms with Crippen LogP contribution in [-0.2, 0) is 74.2 Å². The second-order valence-corrected chi connectivity index (χ2v) is 23.6. The largest absolute Gasteiger partial charge is 0.420 e. The fourth-order valence-corrected chi connectivity index (χ4v) is 11.9. The van der Waals surface area contributed by atoms with Crippen molar-refractivity contribution in [2.24, 2.45) is 0 Å². The molecule has 1 spiro atoms. The highest BCUT2D eigenvalue weighted by Gasteiger charge is 2.71. The number of anilines is 1. The third kappa shape index (κ3) is 20.3. The van der Waals surface area contributed by atoms with Crippen molar-refractivity contribution in [3.8, 4) is 5.75 Å². The Kier molecular flexibility index (Phi) is 25.4. The summed E-state index contributed by atoms with van der Waals surface area (Å²) in [6.45, 7) is 7.35. The van der Waals surface area contributed by atoms with Crippen molar-refractivity contribution >= 4 is 49.8 Å². The number of hydrogen-bond acceptors (Lipinski definition) is 23. The maximum atomic E-state index is 13.6. The summed E-state index contributed by atoms with van der Waals surface area (Å²) in [5.41, 5.74) is 0.331. The van der Waals surface area contributed by atoms with Crippen molar-refractivity contribution in [1.82, 2.24) is 34.7 Å². The molecule has 27 nitrogen and oxygen atoms in total. The summed E-state index contributed by atoms with van der Waals surface area (Å²) < 4.78 is 127. The Hall–Kier alpha value is -4.60. The van der Waals surface area contributed by atoms with Crippen LogP contribution < -0.4 is 10.1 Å². The van der Waals surface area contributed by atoms with Crippen molar-refractivity contribution < 1.29 is 104 Å². The van der Waals surface area contributed by atoms with E-state index in [1.54, 1.807) is 29.6 Å². The van der Waals surface area contributed by atoms with E-state index in [4.69, 9.17) is 47.2 Å². The van der Waals surface area contributed by atoms with Gasteiger partial charge in [0.1, 0.15) is 47.1 Å². The van der Waals surface area contributed by atoms with E-state index in [1.807, 2.05) is 30.3 Å². The first-order valence-corrected chi connectivity index (χ1v) is 30.7. The zero-order valence-corrected chi connectivity index (χ0v) is 47.3. The molecule has 1 aliphatic heterocycles. The molecule has 82 heavy (non-hydrogen) atoms. The van der Waals surface area contributed by atoms with Gasteiger partial charge in [-0.2, -0.15) is 16.9 Å². The van der Waals surface area contributed by atoms with Crippen LogP contribution in [-0.4, -0.2) is 206 Å². The van der Waals surface area contributed by atoms with E-state index in [0.717, 1.165) is 5.56 Å². The van der Waals surface area contributed by atoms with E-state index in [1.165, 1.54) is 10.9 Å². The second kappa shape index (κ2) is 32.1. The molecule has 0 radical (unpaired) electrons. The van der Waals surface area contributed by atoms with Crippen LogP contribution in [0.2, 0.25) is 0 Å². The van der Waals surface area contributed by atoms with Crippen LogP contribution in [0, 0.1) is 24.4 Å². The summed E-state index contributed by atoms with van der Waals surface area (Å²) in [4.78, 5) is 49.4. The lowest BCUT2D eigenvalue weighted by Crippen LogP contribution is -2.35. The van der Waals surface area contributed by atoms with E-state index in [9.17, 15) is 52.0 Å². The lowest BCUT2D eigenvalue weighted by atomic mass is 10.1. The molecule has 33 heteroatoms. The number of aromatic nitrogens is 7. The van der Waals surface area contributed by atoms with Gasteiger partial charge in [-0.05, 0) is 12.5 Å². The topological polar surface area (TPSA) is 340 Å². The highest BCUT2D eigenvalue weighted by atomic mass is 32.2. The van der Waals surface area contributed by atoms with Crippen molar-refractivity contribution in [3.05, 3.63) is 89.4 Å². The van der Waals surface area contributed by atoms with Gasteiger partial charge in [0.2, 0.25) is 5.75 Å². The molecule has 454 valence electrons. The lowest BCUT2D eigenvalue weighted by Gasteiger charge is -2.21. The van der Waals surface area contributed by atoms with Crippen molar-refractivity contribution in [3.63, 3.8) is 0 Å². The molecule has 1 saturated heterocycles.